The summed E-state index contributed by atoms with van der Waals surface area (Å²) in [6.45, 7) is 4.15. The number of rotatable bonds is 5. The lowest BCUT2D eigenvalue weighted by Crippen LogP contribution is -2.18. The number of imidazole rings is 1. The molecule has 0 saturated heterocycles. The molecule has 3 rings (SSSR count). The van der Waals surface area contributed by atoms with Crippen LogP contribution in [0.25, 0.3) is 16.9 Å². The molecule has 0 atom stereocenters. The van der Waals surface area contributed by atoms with Crippen LogP contribution in [0.1, 0.15) is 12.6 Å². The minimum Gasteiger partial charge on any atom is -0.508 e. The predicted octanol–water partition coefficient (Wildman–Crippen LogP) is 2.99. The first-order chi connectivity index (χ1) is 11.6. The van der Waals surface area contributed by atoms with Gasteiger partial charge in [-0.05, 0) is 50.2 Å². The highest BCUT2D eigenvalue weighted by Crippen LogP contribution is 2.30. The van der Waals surface area contributed by atoms with E-state index in [1.165, 1.54) is 0 Å². The number of aryl methyl sites for hydroxylation is 1. The second-order valence-electron chi connectivity index (χ2n) is 5.38. The molecule has 1 aromatic carbocycles. The van der Waals surface area contributed by atoms with Gasteiger partial charge in [0.2, 0.25) is 0 Å². The Morgan fingerprint density at radius 1 is 1.25 bits per heavy atom. The van der Waals surface area contributed by atoms with Gasteiger partial charge in [-0.3, -0.25) is 9.20 Å². The fourth-order valence-corrected chi connectivity index (χ4v) is 2.61. The van der Waals surface area contributed by atoms with Crippen molar-refractivity contribution >= 4 is 17.4 Å². The van der Waals surface area contributed by atoms with Crippen LogP contribution in [0, 0.1) is 6.92 Å². The van der Waals surface area contributed by atoms with E-state index in [9.17, 15) is 9.90 Å². The third kappa shape index (κ3) is 3.03. The molecule has 0 saturated carbocycles. The number of benzene rings is 1. The molecule has 0 aliphatic heterocycles. The lowest BCUT2D eigenvalue weighted by molar-refractivity contribution is -0.140. The Hall–Kier alpha value is -3.02. The maximum absolute atomic E-state index is 11.7. The van der Waals surface area contributed by atoms with Gasteiger partial charge in [0.05, 0.1) is 6.61 Å². The van der Waals surface area contributed by atoms with Crippen molar-refractivity contribution in [2.24, 2.45) is 0 Å². The summed E-state index contributed by atoms with van der Waals surface area (Å²) in [5, 5.41) is 12.6. The van der Waals surface area contributed by atoms with Crippen molar-refractivity contribution in [1.29, 1.82) is 0 Å². The molecule has 6 nitrogen and oxygen atoms in total. The van der Waals surface area contributed by atoms with Gasteiger partial charge in [0, 0.05) is 11.3 Å². The highest BCUT2D eigenvalue weighted by Gasteiger charge is 2.16. The van der Waals surface area contributed by atoms with Gasteiger partial charge in [-0.1, -0.05) is 6.07 Å². The highest BCUT2D eigenvalue weighted by atomic mass is 16.5. The first kappa shape index (κ1) is 15.9. The molecule has 0 amide bonds. The number of aromatic hydroxyl groups is 1. The van der Waals surface area contributed by atoms with Crippen molar-refractivity contribution in [2.75, 3.05) is 18.5 Å². The normalized spacial score (nSPS) is 10.8. The number of carbonyl (C=O) groups excluding carboxylic acids is 1. The van der Waals surface area contributed by atoms with E-state index < -0.39 is 0 Å². The maximum Gasteiger partial charge on any atom is 0.325 e. The van der Waals surface area contributed by atoms with Crippen molar-refractivity contribution in [2.45, 2.75) is 13.8 Å². The largest absolute Gasteiger partial charge is 0.508 e. The fraction of sp³-hybridized carbons (Fsp3) is 0.222. The molecule has 3 aromatic rings. The number of anilines is 1. The molecule has 0 fully saturated rings. The molecule has 2 heterocycles. The first-order valence-electron chi connectivity index (χ1n) is 7.77. The number of pyridine rings is 1. The zero-order valence-corrected chi connectivity index (χ0v) is 13.6. The second-order valence-corrected chi connectivity index (χ2v) is 5.38. The van der Waals surface area contributed by atoms with Crippen molar-refractivity contribution in [1.82, 2.24) is 9.38 Å². The Morgan fingerprint density at radius 3 is 2.71 bits per heavy atom. The lowest BCUT2D eigenvalue weighted by atomic mass is 10.1. The first-order valence-corrected chi connectivity index (χ1v) is 7.77. The Morgan fingerprint density at radius 2 is 2.00 bits per heavy atom. The molecule has 0 bridgehead atoms. The van der Waals surface area contributed by atoms with Crippen molar-refractivity contribution < 1.29 is 14.6 Å². The van der Waals surface area contributed by atoms with E-state index >= 15 is 0 Å². The van der Waals surface area contributed by atoms with Crippen LogP contribution in [0.5, 0.6) is 5.75 Å². The average molecular weight is 325 g/mol. The van der Waals surface area contributed by atoms with Crippen LogP contribution < -0.4 is 5.32 Å². The topological polar surface area (TPSA) is 75.9 Å². The third-order valence-corrected chi connectivity index (χ3v) is 3.69. The van der Waals surface area contributed by atoms with Crippen LogP contribution in [0.2, 0.25) is 0 Å². The SMILES string of the molecule is CCOC(=O)CNc1c(-c2ccc(O)cc2)nc2cccc(C)n12. The summed E-state index contributed by atoms with van der Waals surface area (Å²) in [6, 6.07) is 12.6. The minimum absolute atomic E-state index is 0.0566. The molecule has 24 heavy (non-hydrogen) atoms. The number of hydrogen-bond acceptors (Lipinski definition) is 5. The number of nitrogens with one attached hydrogen (secondary N) is 1. The molecule has 6 heteroatoms. The summed E-state index contributed by atoms with van der Waals surface area (Å²) < 4.78 is 6.94. The van der Waals surface area contributed by atoms with Crippen molar-refractivity contribution in [3.8, 4) is 17.0 Å². The van der Waals surface area contributed by atoms with Crippen LogP contribution in [-0.4, -0.2) is 33.6 Å². The van der Waals surface area contributed by atoms with Gasteiger partial charge in [0.15, 0.2) is 0 Å². The molecule has 0 aliphatic rings. The molecule has 2 N–H and O–H groups in total. The predicted molar refractivity (Wildman–Crippen MR) is 92.2 cm³/mol. The van der Waals surface area contributed by atoms with Gasteiger partial charge in [0.25, 0.3) is 0 Å². The molecular weight excluding hydrogens is 306 g/mol. The summed E-state index contributed by atoms with van der Waals surface area (Å²) in [4.78, 5) is 16.4. The minimum atomic E-state index is -0.322. The quantitative estimate of drug-likeness (QED) is 0.705. The van der Waals surface area contributed by atoms with Crippen LogP contribution in [-0.2, 0) is 9.53 Å². The van der Waals surface area contributed by atoms with Crippen LogP contribution in [0.15, 0.2) is 42.5 Å². The van der Waals surface area contributed by atoms with E-state index in [-0.39, 0.29) is 18.3 Å². The van der Waals surface area contributed by atoms with Crippen LogP contribution in [0.4, 0.5) is 5.82 Å². The van der Waals surface area contributed by atoms with E-state index in [4.69, 9.17) is 4.74 Å². The summed E-state index contributed by atoms with van der Waals surface area (Å²) in [5.74, 6) is 0.597. The molecule has 0 aliphatic carbocycles. The van der Waals surface area contributed by atoms with Gasteiger partial charge in [-0.25, -0.2) is 4.98 Å². The zero-order chi connectivity index (χ0) is 17.1. The van der Waals surface area contributed by atoms with Gasteiger partial charge in [-0.2, -0.15) is 0 Å². The molecule has 124 valence electrons. The standard InChI is InChI=1S/C18H19N3O3/c1-3-24-16(23)11-19-18-17(13-7-9-14(22)10-8-13)20-15-6-4-5-12(2)21(15)18/h4-10,19,22H,3,11H2,1-2H3. The molecular formula is C18H19N3O3. The number of ether oxygens (including phenoxy) is 1. The zero-order valence-electron chi connectivity index (χ0n) is 13.6. The third-order valence-electron chi connectivity index (χ3n) is 3.69. The van der Waals surface area contributed by atoms with Crippen molar-refractivity contribution in [3.63, 3.8) is 0 Å². The Labute approximate surface area is 139 Å². The highest BCUT2D eigenvalue weighted by molar-refractivity contribution is 5.81. The number of fused-ring (bicyclic) bond motifs is 1. The summed E-state index contributed by atoms with van der Waals surface area (Å²) in [7, 11) is 0. The number of nitrogens with zero attached hydrogens (tertiary/aromatic N) is 2. The van der Waals surface area contributed by atoms with E-state index in [1.54, 1.807) is 31.2 Å². The van der Waals surface area contributed by atoms with E-state index in [0.29, 0.717) is 12.3 Å². The van der Waals surface area contributed by atoms with E-state index in [2.05, 4.69) is 10.3 Å². The summed E-state index contributed by atoms with van der Waals surface area (Å²) in [6.07, 6.45) is 0. The number of phenols is 1. The summed E-state index contributed by atoms with van der Waals surface area (Å²) >= 11 is 0. The fourth-order valence-electron chi connectivity index (χ4n) is 2.61. The number of aromatic nitrogens is 2. The molecule has 0 radical (unpaired) electrons. The Kier molecular flexibility index (Phi) is 4.37. The second kappa shape index (κ2) is 6.62. The van der Waals surface area contributed by atoms with Crippen molar-refractivity contribution in [3.05, 3.63) is 48.2 Å². The average Bonchev–Trinajstić information content (AvgIpc) is 2.94. The monoisotopic (exact) mass is 325 g/mol. The van der Waals surface area contributed by atoms with Gasteiger partial charge >= 0.3 is 5.97 Å². The van der Waals surface area contributed by atoms with E-state index in [0.717, 1.165) is 22.7 Å². The Balaban J connectivity index is 2.07. The maximum atomic E-state index is 11.7. The van der Waals surface area contributed by atoms with Gasteiger partial charge < -0.3 is 15.2 Å². The van der Waals surface area contributed by atoms with Gasteiger partial charge in [0.1, 0.15) is 29.5 Å². The molecule has 0 spiro atoms. The van der Waals surface area contributed by atoms with Gasteiger partial charge in [-0.15, -0.1) is 0 Å². The number of carbonyl (C=O) groups is 1. The Bertz CT molecular complexity index is 869. The smallest absolute Gasteiger partial charge is 0.325 e. The lowest BCUT2D eigenvalue weighted by Gasteiger charge is -2.10. The molecule has 0 unspecified atom stereocenters. The number of esters is 1. The molecule has 2 aromatic heterocycles. The van der Waals surface area contributed by atoms with Crippen LogP contribution in [0.3, 0.4) is 0 Å². The van der Waals surface area contributed by atoms with E-state index in [1.807, 2.05) is 29.5 Å². The number of hydrogen-bond donors (Lipinski definition) is 2. The number of phenolic OH excluding ortho intramolecular Hbond substituents is 1. The van der Waals surface area contributed by atoms with Crippen LogP contribution >= 0.6 is 0 Å². The summed E-state index contributed by atoms with van der Waals surface area (Å²) in [5.41, 5.74) is 3.34.